The van der Waals surface area contributed by atoms with Crippen LogP contribution in [0.4, 0.5) is 11.4 Å². The van der Waals surface area contributed by atoms with Crippen LogP contribution >= 0.6 is 11.8 Å². The molecule has 9 N–H and O–H groups in total. The molecule has 71 heavy (non-hydrogen) atoms. The van der Waals surface area contributed by atoms with E-state index in [1.165, 1.54) is 5.56 Å². The Kier molecular flexibility index (Phi) is 24.1. The van der Waals surface area contributed by atoms with Gasteiger partial charge in [0.25, 0.3) is 0 Å². The van der Waals surface area contributed by atoms with E-state index in [0.717, 1.165) is 16.9 Å². The van der Waals surface area contributed by atoms with Crippen molar-refractivity contribution in [3.05, 3.63) is 65.5 Å². The van der Waals surface area contributed by atoms with Gasteiger partial charge in [0.05, 0.1) is 41.3 Å². The van der Waals surface area contributed by atoms with Crippen LogP contribution in [0.2, 0.25) is 0 Å². The SMILES string of the molecule is CC(C)(C)Nc1cc(COC(C)(C)C)ccc1OC1OC(C(=O)O)C(O)C(O)C1O.CC(C)(C)Nc1ccc(COC(C)(C)C)cc1.CC(C)(C)SCC(N)C(=O)O.CC(C)(C)c1cn(C(C)(C)C)nn1. The highest BCUT2D eigenvalue weighted by Crippen LogP contribution is 2.33. The molecule has 18 heteroatoms. The highest BCUT2D eigenvalue weighted by molar-refractivity contribution is 8.00. The molecule has 0 bridgehead atoms. The molecule has 406 valence electrons. The zero-order valence-corrected chi connectivity index (χ0v) is 47.5. The number of anilines is 2. The zero-order valence-electron chi connectivity index (χ0n) is 46.7. The third-order valence-corrected chi connectivity index (χ3v) is 10.8. The molecule has 0 aliphatic carbocycles. The summed E-state index contributed by atoms with van der Waals surface area (Å²) in [6, 6.07) is 13.0. The largest absolute Gasteiger partial charge is 0.480 e. The predicted molar refractivity (Wildman–Crippen MR) is 285 cm³/mol. The number of nitrogens with two attached hydrogens (primary N) is 1. The molecule has 1 saturated heterocycles. The van der Waals surface area contributed by atoms with Crippen molar-refractivity contribution in [2.75, 3.05) is 16.4 Å². The van der Waals surface area contributed by atoms with Gasteiger partial charge in [-0.25, -0.2) is 9.48 Å². The van der Waals surface area contributed by atoms with Gasteiger partial charge in [0.1, 0.15) is 30.1 Å². The number of rotatable bonds is 12. The molecule has 0 amide bonds. The van der Waals surface area contributed by atoms with Crippen molar-refractivity contribution < 1.29 is 54.1 Å². The number of benzene rings is 2. The zero-order chi connectivity index (χ0) is 55.3. The number of hydrogen-bond acceptors (Lipinski definition) is 15. The molecule has 0 radical (unpaired) electrons. The molecule has 17 nitrogen and oxygen atoms in total. The van der Waals surface area contributed by atoms with Crippen LogP contribution in [0, 0.1) is 0 Å². The van der Waals surface area contributed by atoms with Crippen LogP contribution in [0.1, 0.15) is 162 Å². The van der Waals surface area contributed by atoms with Crippen LogP contribution in [0.25, 0.3) is 0 Å². The van der Waals surface area contributed by atoms with E-state index in [2.05, 4.69) is 128 Å². The lowest BCUT2D eigenvalue weighted by molar-refractivity contribution is -0.271. The summed E-state index contributed by atoms with van der Waals surface area (Å²) in [5.41, 5.74) is 9.67. The topological polar surface area (TPSA) is 253 Å². The first kappa shape index (κ1) is 65.0. The van der Waals surface area contributed by atoms with E-state index in [-0.39, 0.29) is 38.0 Å². The Morgan fingerprint density at radius 1 is 0.718 bits per heavy atom. The summed E-state index contributed by atoms with van der Waals surface area (Å²) in [7, 11) is 0. The van der Waals surface area contributed by atoms with Crippen molar-refractivity contribution in [1.82, 2.24) is 15.0 Å². The lowest BCUT2D eigenvalue weighted by Crippen LogP contribution is -2.61. The molecule has 1 fully saturated rings. The Hall–Kier alpha value is -4.01. The number of aliphatic hydroxyl groups is 3. The molecule has 2 heterocycles. The number of carboxylic acids is 2. The maximum absolute atomic E-state index is 11.3. The highest BCUT2D eigenvalue weighted by atomic mass is 32.2. The van der Waals surface area contributed by atoms with Crippen LogP contribution in [-0.4, -0.2) is 122 Å². The standard InChI is InChI=1S/C21H33NO8.C15H25NO.C10H19N3.C7H15NO2S/c1-20(2,3)22-12-9-11(10-28-21(4,5)6)7-8-13(12)29-19-16(25)14(23)15(24)17(30-19)18(26)27;1-14(2,3)16-13-9-7-12(8-10-13)11-17-15(4,5)6;1-9(2,3)8-7-13(12-11-8)10(4,5)6;1-7(2,3)11-4-5(8)6(9)10/h7-9,14-17,19,22-25H,10H2,1-6H3,(H,26,27);7-10,16H,11H2,1-6H3;7H,1-6H3;5H,4,8H2,1-3H3,(H,9,10). The summed E-state index contributed by atoms with van der Waals surface area (Å²) < 4.78 is 24.5. The minimum absolute atomic E-state index is 0.0243. The van der Waals surface area contributed by atoms with Gasteiger partial charge in [0.2, 0.25) is 6.29 Å². The Balaban J connectivity index is 0.000000519. The van der Waals surface area contributed by atoms with Gasteiger partial charge in [0.15, 0.2) is 6.10 Å². The van der Waals surface area contributed by atoms with E-state index in [4.69, 9.17) is 29.8 Å². The van der Waals surface area contributed by atoms with Crippen molar-refractivity contribution in [2.45, 2.75) is 233 Å². The summed E-state index contributed by atoms with van der Waals surface area (Å²) in [6.45, 7) is 44.4. The molecule has 6 unspecified atom stereocenters. The first-order valence-electron chi connectivity index (χ1n) is 24.1. The van der Waals surface area contributed by atoms with E-state index in [1.807, 2.05) is 79.3 Å². The summed E-state index contributed by atoms with van der Waals surface area (Å²) in [6.07, 6.45) is -6.33. The average molecular weight is 1020 g/mol. The number of aromatic nitrogens is 3. The van der Waals surface area contributed by atoms with Crippen molar-refractivity contribution in [3.8, 4) is 5.75 Å². The number of hydrogen-bond donors (Lipinski definition) is 8. The number of nitrogens with zero attached hydrogens (tertiary/aromatic N) is 3. The van der Waals surface area contributed by atoms with Crippen LogP contribution in [-0.2, 0) is 48.0 Å². The number of aliphatic carboxylic acids is 2. The summed E-state index contributed by atoms with van der Waals surface area (Å²) in [5.74, 6) is -1.63. The van der Waals surface area contributed by atoms with Gasteiger partial charge in [0, 0.05) is 38.9 Å². The molecule has 2 aromatic carbocycles. The predicted octanol–water partition coefficient (Wildman–Crippen LogP) is 8.96. The van der Waals surface area contributed by atoms with E-state index in [0.29, 0.717) is 30.4 Å². The van der Waals surface area contributed by atoms with Crippen molar-refractivity contribution in [2.24, 2.45) is 5.73 Å². The number of ether oxygens (including phenoxy) is 4. The minimum atomic E-state index is -1.78. The van der Waals surface area contributed by atoms with Crippen LogP contribution in [0.3, 0.4) is 0 Å². The molecular weight excluding hydrogens is 929 g/mol. The number of carbonyl (C=O) groups is 2. The lowest BCUT2D eigenvalue weighted by Gasteiger charge is -2.38. The normalized spacial score (nSPS) is 19.4. The van der Waals surface area contributed by atoms with Gasteiger partial charge in [-0.3, -0.25) is 4.79 Å². The molecule has 0 saturated carbocycles. The first-order valence-corrected chi connectivity index (χ1v) is 25.1. The molecule has 3 aromatic rings. The third-order valence-electron chi connectivity index (χ3n) is 9.39. The quantitative estimate of drug-likeness (QED) is 0.0842. The number of carboxylic acid groups (broad SMARTS) is 2. The van der Waals surface area contributed by atoms with E-state index in [1.54, 1.807) is 23.9 Å². The second-order valence-corrected chi connectivity index (χ2v) is 26.6. The maximum atomic E-state index is 11.3. The van der Waals surface area contributed by atoms with Gasteiger partial charge in [-0.1, -0.05) is 65.0 Å². The van der Waals surface area contributed by atoms with Gasteiger partial charge in [-0.05, 0) is 139 Å². The van der Waals surface area contributed by atoms with Gasteiger partial charge < -0.3 is 60.8 Å². The lowest BCUT2D eigenvalue weighted by atomic mass is 9.93. The Bertz CT molecular complexity index is 2040. The molecule has 6 atom stereocenters. The summed E-state index contributed by atoms with van der Waals surface area (Å²) >= 11 is 1.56. The van der Waals surface area contributed by atoms with Gasteiger partial charge in [-0.2, -0.15) is 11.8 Å². The average Bonchev–Trinajstić information content (AvgIpc) is 3.71. The monoisotopic (exact) mass is 1020 g/mol. The van der Waals surface area contributed by atoms with E-state index in [9.17, 15) is 30.0 Å². The fourth-order valence-electron chi connectivity index (χ4n) is 5.61. The molecule has 1 aliphatic rings. The molecule has 0 spiro atoms. The fourth-order valence-corrected chi connectivity index (χ4v) is 6.43. The number of nitrogens with one attached hydrogen (secondary N) is 2. The Labute approximate surface area is 429 Å². The second-order valence-electron chi connectivity index (χ2n) is 24.8. The van der Waals surface area contributed by atoms with Crippen molar-refractivity contribution >= 4 is 35.1 Å². The molecule has 1 aromatic heterocycles. The van der Waals surface area contributed by atoms with Gasteiger partial charge >= 0.3 is 11.9 Å². The summed E-state index contributed by atoms with van der Waals surface area (Å²) in [4.78, 5) is 21.6. The maximum Gasteiger partial charge on any atom is 0.335 e. The number of thioether (sulfide) groups is 1. The van der Waals surface area contributed by atoms with E-state index >= 15 is 0 Å². The second kappa shape index (κ2) is 26.3. The highest BCUT2D eigenvalue weighted by Gasteiger charge is 2.48. The van der Waals surface area contributed by atoms with Crippen molar-refractivity contribution in [3.63, 3.8) is 0 Å². The molecule has 1 aliphatic heterocycles. The summed E-state index contributed by atoms with van der Waals surface area (Å²) in [5, 5.41) is 62.7. The van der Waals surface area contributed by atoms with Crippen molar-refractivity contribution in [1.29, 1.82) is 0 Å². The Morgan fingerprint density at radius 2 is 1.21 bits per heavy atom. The van der Waals surface area contributed by atoms with Crippen LogP contribution in [0.5, 0.6) is 5.75 Å². The molecule has 4 rings (SSSR count). The Morgan fingerprint density at radius 3 is 1.61 bits per heavy atom. The number of aliphatic hydroxyl groups excluding tert-OH is 3. The minimum Gasteiger partial charge on any atom is -0.480 e. The van der Waals surface area contributed by atoms with E-state index < -0.39 is 48.7 Å². The third kappa shape index (κ3) is 27.0. The molecular formula is C53H92N6O11S. The first-order chi connectivity index (χ1) is 31.9. The van der Waals surface area contributed by atoms with Crippen LogP contribution in [0.15, 0.2) is 48.7 Å². The smallest absolute Gasteiger partial charge is 0.335 e. The van der Waals surface area contributed by atoms with Crippen LogP contribution < -0.4 is 21.1 Å². The van der Waals surface area contributed by atoms with Gasteiger partial charge in [-0.15, -0.1) is 5.10 Å². The fraction of sp³-hybridized carbons (Fsp3) is 0.698.